The number of carboxylic acids is 1. The first kappa shape index (κ1) is 28.5. The Morgan fingerprint density at radius 1 is 1.10 bits per heavy atom. The molecule has 0 saturated heterocycles. The molecule has 1 saturated carbocycles. The molecule has 0 radical (unpaired) electrons. The van der Waals surface area contributed by atoms with Gasteiger partial charge < -0.3 is 24.8 Å². The van der Waals surface area contributed by atoms with E-state index >= 15 is 0 Å². The minimum atomic E-state index is -0.920. The Kier molecular flexibility index (Phi) is 9.07. The van der Waals surface area contributed by atoms with Crippen molar-refractivity contribution in [2.24, 2.45) is 5.92 Å². The number of fused-ring (bicyclic) bond motifs is 1. The molecule has 3 aromatic rings. The summed E-state index contributed by atoms with van der Waals surface area (Å²) in [6.07, 6.45) is 7.68. The second-order valence-corrected chi connectivity index (χ2v) is 11.2. The van der Waals surface area contributed by atoms with Gasteiger partial charge in [-0.1, -0.05) is 32.3 Å². The van der Waals surface area contributed by atoms with Crippen molar-refractivity contribution < 1.29 is 24.2 Å². The largest absolute Gasteiger partial charge is 0.487 e. The number of pyridine rings is 1. The predicted molar refractivity (Wildman–Crippen MR) is 157 cm³/mol. The van der Waals surface area contributed by atoms with Crippen LogP contribution in [0.2, 0.25) is 0 Å². The molecule has 3 unspecified atom stereocenters. The van der Waals surface area contributed by atoms with Crippen molar-refractivity contribution in [1.29, 1.82) is 0 Å². The number of anilines is 1. The highest BCUT2D eigenvalue weighted by Crippen LogP contribution is 2.44. The molecule has 2 heterocycles. The Hall–Kier alpha value is -4.07. The highest BCUT2D eigenvalue weighted by atomic mass is 16.5. The topological polar surface area (TPSA) is 101 Å². The van der Waals surface area contributed by atoms with Gasteiger partial charge in [0.1, 0.15) is 24.2 Å². The molecular weight excluding hydrogens is 518 g/mol. The van der Waals surface area contributed by atoms with Gasteiger partial charge in [-0.25, -0.2) is 0 Å². The fraction of sp³-hybridized carbons (Fsp3) is 0.424. The molecule has 216 valence electrons. The first-order valence-electron chi connectivity index (χ1n) is 14.6. The zero-order valence-corrected chi connectivity index (χ0v) is 23.8. The van der Waals surface area contributed by atoms with Crippen LogP contribution in [0.3, 0.4) is 0 Å². The van der Waals surface area contributed by atoms with Gasteiger partial charge in [0.25, 0.3) is 5.91 Å². The van der Waals surface area contributed by atoms with E-state index in [0.717, 1.165) is 41.3 Å². The van der Waals surface area contributed by atoms with E-state index in [4.69, 9.17) is 14.6 Å². The molecule has 1 aliphatic carbocycles. The predicted octanol–water partition coefficient (Wildman–Crippen LogP) is 6.13. The van der Waals surface area contributed by atoms with E-state index in [0.29, 0.717) is 18.1 Å². The van der Waals surface area contributed by atoms with E-state index in [-0.39, 0.29) is 36.9 Å². The number of amides is 1. The molecule has 0 bridgehead atoms. The minimum absolute atomic E-state index is 0.0393. The van der Waals surface area contributed by atoms with Crippen LogP contribution in [-0.4, -0.2) is 52.6 Å². The SMILES string of the molecule is CC1c2cc(OCc3ccccn3)ccc2OC1C(Nc1ccc(C(=O)N(C)CCC(=O)O)cc1)C1CCCCC1. The molecule has 5 rings (SSSR count). The summed E-state index contributed by atoms with van der Waals surface area (Å²) in [5.41, 5.74) is 3.52. The molecule has 1 fully saturated rings. The molecular formula is C33H39N3O5. The molecule has 8 heteroatoms. The number of carboxylic acid groups (broad SMARTS) is 1. The first-order valence-corrected chi connectivity index (χ1v) is 14.6. The fourth-order valence-corrected chi connectivity index (χ4v) is 5.98. The summed E-state index contributed by atoms with van der Waals surface area (Å²) < 4.78 is 12.7. The van der Waals surface area contributed by atoms with Crippen LogP contribution in [0.4, 0.5) is 5.69 Å². The Labute approximate surface area is 241 Å². The maximum Gasteiger partial charge on any atom is 0.305 e. The van der Waals surface area contributed by atoms with Crippen LogP contribution >= 0.6 is 0 Å². The van der Waals surface area contributed by atoms with Gasteiger partial charge in [0, 0.05) is 42.5 Å². The van der Waals surface area contributed by atoms with E-state index < -0.39 is 5.97 Å². The summed E-state index contributed by atoms with van der Waals surface area (Å²) >= 11 is 0. The van der Waals surface area contributed by atoms with Crippen molar-refractivity contribution in [2.75, 3.05) is 18.9 Å². The van der Waals surface area contributed by atoms with E-state index in [1.807, 2.05) is 42.5 Å². The number of hydrogen-bond donors (Lipinski definition) is 2. The van der Waals surface area contributed by atoms with Crippen LogP contribution in [0.25, 0.3) is 0 Å². The summed E-state index contributed by atoms with van der Waals surface area (Å²) in [5, 5.41) is 12.7. The van der Waals surface area contributed by atoms with Gasteiger partial charge in [-0.05, 0) is 73.4 Å². The number of nitrogens with one attached hydrogen (secondary N) is 1. The number of carbonyl (C=O) groups excluding carboxylic acids is 1. The number of aromatic nitrogens is 1. The van der Waals surface area contributed by atoms with Crippen LogP contribution < -0.4 is 14.8 Å². The maximum atomic E-state index is 12.7. The van der Waals surface area contributed by atoms with Gasteiger partial charge in [-0.3, -0.25) is 14.6 Å². The summed E-state index contributed by atoms with van der Waals surface area (Å²) in [5.74, 6) is 1.25. The lowest BCUT2D eigenvalue weighted by Crippen LogP contribution is -2.44. The zero-order valence-electron chi connectivity index (χ0n) is 23.8. The lowest BCUT2D eigenvalue weighted by Gasteiger charge is -2.36. The quantitative estimate of drug-likeness (QED) is 0.292. The van der Waals surface area contributed by atoms with Crippen LogP contribution in [0, 0.1) is 5.92 Å². The number of benzene rings is 2. The van der Waals surface area contributed by atoms with Crippen molar-refractivity contribution >= 4 is 17.6 Å². The Morgan fingerprint density at radius 3 is 2.59 bits per heavy atom. The van der Waals surface area contributed by atoms with Gasteiger partial charge in [0.2, 0.25) is 0 Å². The van der Waals surface area contributed by atoms with Gasteiger partial charge >= 0.3 is 5.97 Å². The number of nitrogens with zero attached hydrogens (tertiary/aromatic N) is 2. The van der Waals surface area contributed by atoms with Crippen molar-refractivity contribution in [1.82, 2.24) is 9.88 Å². The van der Waals surface area contributed by atoms with Gasteiger partial charge in [-0.2, -0.15) is 0 Å². The van der Waals surface area contributed by atoms with Gasteiger partial charge in [0.15, 0.2) is 0 Å². The maximum absolute atomic E-state index is 12.7. The average Bonchev–Trinajstić information content (AvgIpc) is 3.33. The first-order chi connectivity index (χ1) is 19.9. The average molecular weight is 558 g/mol. The van der Waals surface area contributed by atoms with Gasteiger partial charge in [-0.15, -0.1) is 0 Å². The summed E-state index contributed by atoms with van der Waals surface area (Å²) in [6.45, 7) is 2.81. The Morgan fingerprint density at radius 2 is 1.88 bits per heavy atom. The van der Waals surface area contributed by atoms with Crippen molar-refractivity contribution in [3.8, 4) is 11.5 Å². The van der Waals surface area contributed by atoms with Gasteiger partial charge in [0.05, 0.1) is 18.2 Å². The molecule has 0 spiro atoms. The lowest BCUT2D eigenvalue weighted by molar-refractivity contribution is -0.137. The molecule has 2 aromatic carbocycles. The normalized spacial score (nSPS) is 19.1. The highest BCUT2D eigenvalue weighted by Gasteiger charge is 2.41. The third-order valence-electron chi connectivity index (χ3n) is 8.33. The number of ether oxygens (including phenoxy) is 2. The molecule has 8 nitrogen and oxygen atoms in total. The zero-order chi connectivity index (χ0) is 28.8. The summed E-state index contributed by atoms with van der Waals surface area (Å²) in [6, 6.07) is 19.5. The molecule has 2 aliphatic rings. The monoisotopic (exact) mass is 557 g/mol. The van der Waals surface area contributed by atoms with E-state index in [1.165, 1.54) is 24.2 Å². The molecule has 3 atom stereocenters. The number of aliphatic carboxylic acids is 1. The van der Waals surface area contributed by atoms with Crippen LogP contribution in [0.15, 0.2) is 66.9 Å². The van der Waals surface area contributed by atoms with Crippen LogP contribution in [0.5, 0.6) is 11.5 Å². The molecule has 1 aliphatic heterocycles. The third kappa shape index (κ3) is 6.99. The minimum Gasteiger partial charge on any atom is -0.487 e. The Bertz CT molecular complexity index is 1320. The number of hydrogen-bond acceptors (Lipinski definition) is 6. The lowest BCUT2D eigenvalue weighted by atomic mass is 9.78. The van der Waals surface area contributed by atoms with E-state index in [9.17, 15) is 9.59 Å². The number of carbonyl (C=O) groups is 2. The Balaban J connectivity index is 1.29. The molecule has 1 aromatic heterocycles. The second kappa shape index (κ2) is 13.1. The van der Waals surface area contributed by atoms with Crippen LogP contribution in [-0.2, 0) is 11.4 Å². The molecule has 41 heavy (non-hydrogen) atoms. The van der Waals surface area contributed by atoms with Crippen LogP contribution in [0.1, 0.15) is 73.0 Å². The number of rotatable bonds is 11. The standard InChI is InChI=1S/C33H39N3O5/c1-22-28-20-27(40-21-26-10-6-7-18-34-26)15-16-29(28)41-32(22)31(23-8-4-3-5-9-23)35-25-13-11-24(12-14-25)33(39)36(2)19-17-30(37)38/h6-7,10-16,18,20,22-23,31-32,35H,3-5,8-9,17,19,21H2,1-2H3,(H,37,38). The smallest absolute Gasteiger partial charge is 0.305 e. The van der Waals surface area contributed by atoms with E-state index in [1.54, 1.807) is 25.4 Å². The summed E-state index contributed by atoms with van der Waals surface area (Å²) in [7, 11) is 1.63. The van der Waals surface area contributed by atoms with Crippen molar-refractivity contribution in [3.63, 3.8) is 0 Å². The van der Waals surface area contributed by atoms with E-state index in [2.05, 4.69) is 23.3 Å². The van der Waals surface area contributed by atoms with Crippen molar-refractivity contribution in [3.05, 3.63) is 83.7 Å². The summed E-state index contributed by atoms with van der Waals surface area (Å²) in [4.78, 5) is 29.4. The highest BCUT2D eigenvalue weighted by molar-refractivity contribution is 5.94. The van der Waals surface area contributed by atoms with Crippen molar-refractivity contribution in [2.45, 2.75) is 70.1 Å². The second-order valence-electron chi connectivity index (χ2n) is 11.2. The molecule has 1 amide bonds. The molecule has 2 N–H and O–H groups in total. The fourth-order valence-electron chi connectivity index (χ4n) is 5.98. The third-order valence-corrected chi connectivity index (χ3v) is 8.33.